The van der Waals surface area contributed by atoms with E-state index in [0.717, 1.165) is 18.9 Å². The lowest BCUT2D eigenvalue weighted by atomic mass is 10.2. The van der Waals surface area contributed by atoms with E-state index in [1.165, 1.54) is 11.0 Å². The van der Waals surface area contributed by atoms with Crippen molar-refractivity contribution in [1.29, 1.82) is 0 Å². The van der Waals surface area contributed by atoms with Gasteiger partial charge in [-0.25, -0.2) is 14.2 Å². The van der Waals surface area contributed by atoms with Crippen molar-refractivity contribution in [3.05, 3.63) is 48.4 Å². The minimum Gasteiger partial charge on any atom is -0.442 e. The Morgan fingerprint density at radius 2 is 2.00 bits per heavy atom. The third kappa shape index (κ3) is 4.38. The SMILES string of the molecule is NC(=S)NC[C@H]1CN(c2ccc(N3CCN(c4ccccn4)CC3)c(F)c2)C(=O)O1. The number of benzene rings is 1. The second-order valence-corrected chi connectivity index (χ2v) is 7.60. The monoisotopic (exact) mass is 430 g/mol. The lowest BCUT2D eigenvalue weighted by Crippen LogP contribution is -2.47. The number of anilines is 3. The van der Waals surface area contributed by atoms with Gasteiger partial charge in [0.15, 0.2) is 5.11 Å². The maximum Gasteiger partial charge on any atom is 0.414 e. The number of nitrogens with one attached hydrogen (secondary N) is 1. The molecule has 4 rings (SSSR count). The van der Waals surface area contributed by atoms with Crippen LogP contribution in [0.4, 0.5) is 26.4 Å². The Bertz CT molecular complexity index is 923. The fourth-order valence-electron chi connectivity index (χ4n) is 3.69. The molecule has 0 unspecified atom stereocenters. The smallest absolute Gasteiger partial charge is 0.414 e. The van der Waals surface area contributed by atoms with Crippen LogP contribution in [0.1, 0.15) is 0 Å². The Morgan fingerprint density at radius 1 is 1.23 bits per heavy atom. The molecule has 2 fully saturated rings. The number of amides is 1. The van der Waals surface area contributed by atoms with Gasteiger partial charge in [-0.2, -0.15) is 0 Å². The van der Waals surface area contributed by atoms with Crippen molar-refractivity contribution < 1.29 is 13.9 Å². The summed E-state index contributed by atoms with van der Waals surface area (Å²) in [6.45, 7) is 3.51. The zero-order valence-electron chi connectivity index (χ0n) is 16.3. The average molecular weight is 431 g/mol. The highest BCUT2D eigenvalue weighted by molar-refractivity contribution is 7.80. The Hall–Kier alpha value is -3.14. The van der Waals surface area contributed by atoms with Gasteiger partial charge in [0.2, 0.25) is 0 Å². The second-order valence-electron chi connectivity index (χ2n) is 7.16. The topological polar surface area (TPSA) is 87.0 Å². The number of nitrogens with zero attached hydrogens (tertiary/aromatic N) is 4. The van der Waals surface area contributed by atoms with Crippen molar-refractivity contribution in [1.82, 2.24) is 10.3 Å². The van der Waals surface area contributed by atoms with Crippen LogP contribution in [0.3, 0.4) is 0 Å². The Kier molecular flexibility index (Phi) is 5.84. The zero-order valence-corrected chi connectivity index (χ0v) is 17.1. The second kappa shape index (κ2) is 8.70. The number of piperazine rings is 1. The highest BCUT2D eigenvalue weighted by Crippen LogP contribution is 2.29. The number of hydrogen-bond acceptors (Lipinski definition) is 6. The molecule has 1 aromatic carbocycles. The van der Waals surface area contributed by atoms with Gasteiger partial charge >= 0.3 is 6.09 Å². The van der Waals surface area contributed by atoms with Crippen LogP contribution in [0.2, 0.25) is 0 Å². The van der Waals surface area contributed by atoms with Gasteiger partial charge in [-0.1, -0.05) is 6.07 Å². The van der Waals surface area contributed by atoms with E-state index in [-0.39, 0.29) is 10.9 Å². The minimum absolute atomic E-state index is 0.142. The number of ether oxygens (including phenoxy) is 1. The van der Waals surface area contributed by atoms with Crippen LogP contribution in [0.15, 0.2) is 42.6 Å². The number of carbonyl (C=O) groups excluding carboxylic acids is 1. The first-order valence-electron chi connectivity index (χ1n) is 9.73. The van der Waals surface area contributed by atoms with E-state index < -0.39 is 12.2 Å². The van der Waals surface area contributed by atoms with Crippen LogP contribution in [0.25, 0.3) is 0 Å². The van der Waals surface area contributed by atoms with Crippen molar-refractivity contribution in [2.75, 3.05) is 54.0 Å². The number of carbonyl (C=O) groups is 1. The van der Waals surface area contributed by atoms with Crippen LogP contribution in [-0.2, 0) is 4.74 Å². The first kappa shape index (κ1) is 20.1. The van der Waals surface area contributed by atoms with Gasteiger partial charge in [0.25, 0.3) is 0 Å². The van der Waals surface area contributed by atoms with E-state index in [2.05, 4.69) is 15.2 Å². The molecule has 0 saturated carbocycles. The number of aromatic nitrogens is 1. The largest absolute Gasteiger partial charge is 0.442 e. The lowest BCUT2D eigenvalue weighted by Gasteiger charge is -2.37. The number of rotatable bonds is 5. The third-order valence-corrected chi connectivity index (χ3v) is 5.36. The molecule has 0 bridgehead atoms. The number of hydrogen-bond donors (Lipinski definition) is 2. The fraction of sp³-hybridized carbons (Fsp3) is 0.350. The highest BCUT2D eigenvalue weighted by atomic mass is 32.1. The molecule has 1 aromatic heterocycles. The summed E-state index contributed by atoms with van der Waals surface area (Å²) in [5.74, 6) is 0.566. The van der Waals surface area contributed by atoms with Gasteiger partial charge < -0.3 is 25.6 Å². The van der Waals surface area contributed by atoms with Crippen molar-refractivity contribution >= 4 is 40.6 Å². The van der Waals surface area contributed by atoms with Gasteiger partial charge in [-0.3, -0.25) is 4.90 Å². The summed E-state index contributed by atoms with van der Waals surface area (Å²) in [7, 11) is 0. The van der Waals surface area contributed by atoms with E-state index in [4.69, 9.17) is 22.7 Å². The molecule has 158 valence electrons. The lowest BCUT2D eigenvalue weighted by molar-refractivity contribution is 0.143. The molecule has 30 heavy (non-hydrogen) atoms. The molecular weight excluding hydrogens is 407 g/mol. The van der Waals surface area contributed by atoms with Crippen LogP contribution in [0, 0.1) is 5.82 Å². The molecular formula is C20H23FN6O2S. The molecule has 0 aliphatic carbocycles. The summed E-state index contributed by atoms with van der Waals surface area (Å²) in [4.78, 5) is 22.1. The summed E-state index contributed by atoms with van der Waals surface area (Å²) in [6.07, 6.45) is 0.858. The number of pyridine rings is 1. The molecule has 2 aliphatic heterocycles. The maximum absolute atomic E-state index is 14.9. The molecule has 3 N–H and O–H groups in total. The molecule has 3 heterocycles. The van der Waals surface area contributed by atoms with Gasteiger partial charge in [0.05, 0.1) is 24.5 Å². The van der Waals surface area contributed by atoms with E-state index in [0.29, 0.717) is 37.6 Å². The molecule has 0 spiro atoms. The molecule has 2 aromatic rings. The molecule has 2 saturated heterocycles. The number of halogens is 1. The highest BCUT2D eigenvalue weighted by Gasteiger charge is 2.33. The first-order chi connectivity index (χ1) is 14.5. The third-order valence-electron chi connectivity index (χ3n) is 5.21. The van der Waals surface area contributed by atoms with Crippen LogP contribution >= 0.6 is 12.2 Å². The summed E-state index contributed by atoms with van der Waals surface area (Å²) in [6, 6.07) is 10.7. The summed E-state index contributed by atoms with van der Waals surface area (Å²) >= 11 is 4.76. The number of cyclic esters (lactones) is 1. The first-order valence-corrected chi connectivity index (χ1v) is 10.1. The van der Waals surface area contributed by atoms with E-state index in [1.807, 2.05) is 23.1 Å². The molecule has 8 nitrogen and oxygen atoms in total. The average Bonchev–Trinajstić information content (AvgIpc) is 3.13. The van der Waals surface area contributed by atoms with Crippen LogP contribution < -0.4 is 25.8 Å². The molecule has 1 atom stereocenters. The van der Waals surface area contributed by atoms with E-state index >= 15 is 0 Å². The number of nitrogens with two attached hydrogens (primary N) is 1. The van der Waals surface area contributed by atoms with Gasteiger partial charge in [0.1, 0.15) is 17.7 Å². The van der Waals surface area contributed by atoms with Crippen LogP contribution in [0.5, 0.6) is 0 Å². The zero-order chi connectivity index (χ0) is 21.1. The number of thiocarbonyl (C=S) groups is 1. The van der Waals surface area contributed by atoms with Gasteiger partial charge in [-0.05, 0) is 42.5 Å². The standard InChI is InChI=1S/C20H23FN6O2S/c21-16-11-14(27-13-15(29-20(27)28)12-24-19(22)30)4-5-17(16)25-7-9-26(10-8-25)18-3-1-2-6-23-18/h1-6,11,15H,7-10,12-13H2,(H3,22,24,30)/t15-/m0/s1. The van der Waals surface area contributed by atoms with E-state index in [9.17, 15) is 9.18 Å². The van der Waals surface area contributed by atoms with Gasteiger partial charge in [0, 0.05) is 32.4 Å². The predicted molar refractivity (Wildman–Crippen MR) is 117 cm³/mol. The molecule has 2 aliphatic rings. The van der Waals surface area contributed by atoms with Gasteiger partial charge in [-0.15, -0.1) is 0 Å². The maximum atomic E-state index is 14.9. The van der Waals surface area contributed by atoms with Crippen molar-refractivity contribution in [3.8, 4) is 0 Å². The fourth-order valence-corrected chi connectivity index (χ4v) is 3.77. The summed E-state index contributed by atoms with van der Waals surface area (Å²) in [5, 5.41) is 2.92. The summed E-state index contributed by atoms with van der Waals surface area (Å²) < 4.78 is 20.2. The Morgan fingerprint density at radius 3 is 2.67 bits per heavy atom. The van der Waals surface area contributed by atoms with Crippen molar-refractivity contribution in [2.24, 2.45) is 5.73 Å². The normalized spacial score (nSPS) is 19.0. The Balaban J connectivity index is 1.39. The van der Waals surface area contributed by atoms with E-state index in [1.54, 1.807) is 18.3 Å². The summed E-state index contributed by atoms with van der Waals surface area (Å²) in [5.41, 5.74) is 6.40. The molecule has 1 amide bonds. The minimum atomic E-state index is -0.513. The predicted octanol–water partition coefficient (Wildman–Crippen LogP) is 1.71. The molecule has 10 heteroatoms. The van der Waals surface area contributed by atoms with Crippen molar-refractivity contribution in [3.63, 3.8) is 0 Å². The van der Waals surface area contributed by atoms with Crippen molar-refractivity contribution in [2.45, 2.75) is 6.10 Å². The Labute approximate surface area is 179 Å². The van der Waals surface area contributed by atoms with Crippen LogP contribution in [-0.4, -0.2) is 61.6 Å². The quantitative estimate of drug-likeness (QED) is 0.694. The molecule has 0 radical (unpaired) electrons.